The number of ether oxygens (including phenoxy) is 1. The van der Waals surface area contributed by atoms with Gasteiger partial charge < -0.3 is 10.1 Å². The van der Waals surface area contributed by atoms with Crippen molar-refractivity contribution in [1.82, 2.24) is 10.2 Å². The highest BCUT2D eigenvalue weighted by Gasteiger charge is 2.15. The third kappa shape index (κ3) is 4.40. The quantitative estimate of drug-likeness (QED) is 0.753. The number of rotatable bonds is 7. The first-order valence-electron chi connectivity index (χ1n) is 6.67. The maximum absolute atomic E-state index is 12.2. The molecule has 0 radical (unpaired) electrons. The van der Waals surface area contributed by atoms with Crippen molar-refractivity contribution < 1.29 is 13.2 Å². The number of nitrogens with one attached hydrogen (secondary N) is 2. The van der Waals surface area contributed by atoms with Gasteiger partial charge in [-0.3, -0.25) is 4.72 Å². The van der Waals surface area contributed by atoms with Crippen LogP contribution >= 0.6 is 0 Å². The number of aromatic nitrogens is 2. The number of hydrogen-bond acceptors (Lipinski definition) is 6. The van der Waals surface area contributed by atoms with Crippen LogP contribution in [-0.4, -0.2) is 38.9 Å². The van der Waals surface area contributed by atoms with Gasteiger partial charge in [0.2, 0.25) is 0 Å². The molecule has 118 valence electrons. The Bertz CT molecular complexity index is 717. The van der Waals surface area contributed by atoms with Crippen LogP contribution < -0.4 is 10.0 Å². The number of anilines is 2. The monoisotopic (exact) mass is 322 g/mol. The van der Waals surface area contributed by atoms with Crippen molar-refractivity contribution in [3.63, 3.8) is 0 Å². The van der Waals surface area contributed by atoms with Gasteiger partial charge in [0.1, 0.15) is 5.82 Å². The molecular weight excluding hydrogens is 304 g/mol. The highest BCUT2D eigenvalue weighted by Crippen LogP contribution is 2.15. The molecule has 0 atom stereocenters. The Balaban J connectivity index is 2.06. The molecule has 0 aliphatic carbocycles. The topological polar surface area (TPSA) is 93.2 Å². The second-order valence-corrected chi connectivity index (χ2v) is 6.33. The fourth-order valence-corrected chi connectivity index (χ4v) is 2.84. The summed E-state index contributed by atoms with van der Waals surface area (Å²) in [7, 11) is -2.05. The molecule has 1 aromatic heterocycles. The number of sulfonamides is 1. The van der Waals surface area contributed by atoms with E-state index in [2.05, 4.69) is 20.2 Å². The Labute approximate surface area is 129 Å². The molecule has 2 aromatic rings. The Morgan fingerprint density at radius 2 is 1.86 bits per heavy atom. The second kappa shape index (κ2) is 7.19. The normalized spacial score (nSPS) is 11.2. The lowest BCUT2D eigenvalue weighted by Gasteiger charge is -2.08. The minimum absolute atomic E-state index is 0.166. The highest BCUT2D eigenvalue weighted by molar-refractivity contribution is 7.92. The Kier molecular flexibility index (Phi) is 5.29. The summed E-state index contributed by atoms with van der Waals surface area (Å²) in [6.07, 6.45) is 0. The van der Waals surface area contributed by atoms with Crippen LogP contribution in [0.3, 0.4) is 0 Å². The van der Waals surface area contributed by atoms with Crippen molar-refractivity contribution >= 4 is 21.7 Å². The van der Waals surface area contributed by atoms with Gasteiger partial charge in [-0.05, 0) is 36.8 Å². The van der Waals surface area contributed by atoms with E-state index >= 15 is 0 Å². The minimum atomic E-state index is -3.66. The zero-order valence-corrected chi connectivity index (χ0v) is 13.2. The standard InChI is InChI=1S/C14H18N4O3S/c1-11-4-3-5-12(10-11)22(19,20)18-14-7-6-13(16-17-14)15-8-9-21-2/h3-7,10H,8-9H2,1-2H3,(H,15,16)(H,17,18). The van der Waals surface area contributed by atoms with E-state index < -0.39 is 10.0 Å². The number of methoxy groups -OCH3 is 1. The largest absolute Gasteiger partial charge is 0.383 e. The van der Waals surface area contributed by atoms with E-state index in [0.717, 1.165) is 5.56 Å². The van der Waals surface area contributed by atoms with Crippen LogP contribution in [0.15, 0.2) is 41.3 Å². The van der Waals surface area contributed by atoms with E-state index in [4.69, 9.17) is 4.74 Å². The average Bonchev–Trinajstić information content (AvgIpc) is 2.49. The molecule has 8 heteroatoms. The Morgan fingerprint density at radius 1 is 1.14 bits per heavy atom. The van der Waals surface area contributed by atoms with Crippen LogP contribution in [0.5, 0.6) is 0 Å². The van der Waals surface area contributed by atoms with Crippen LogP contribution in [0.25, 0.3) is 0 Å². The third-order valence-electron chi connectivity index (χ3n) is 2.82. The first-order valence-corrected chi connectivity index (χ1v) is 8.15. The molecule has 0 spiro atoms. The molecule has 1 heterocycles. The third-order valence-corrected chi connectivity index (χ3v) is 4.17. The predicted molar refractivity (Wildman–Crippen MR) is 84.4 cm³/mol. The molecule has 1 aromatic carbocycles. The number of nitrogens with zero attached hydrogens (tertiary/aromatic N) is 2. The first kappa shape index (κ1) is 16.2. The zero-order chi connectivity index (χ0) is 16.0. The molecule has 0 saturated carbocycles. The summed E-state index contributed by atoms with van der Waals surface area (Å²) < 4.78 is 31.8. The van der Waals surface area contributed by atoms with E-state index in [9.17, 15) is 8.42 Å². The smallest absolute Gasteiger partial charge is 0.263 e. The summed E-state index contributed by atoms with van der Waals surface area (Å²) in [6.45, 7) is 2.97. The van der Waals surface area contributed by atoms with Gasteiger partial charge in [0, 0.05) is 13.7 Å². The van der Waals surface area contributed by atoms with Gasteiger partial charge in [-0.1, -0.05) is 12.1 Å². The van der Waals surface area contributed by atoms with E-state index in [0.29, 0.717) is 19.0 Å². The van der Waals surface area contributed by atoms with Gasteiger partial charge in [0.25, 0.3) is 10.0 Å². The molecule has 0 aliphatic rings. The Morgan fingerprint density at radius 3 is 2.50 bits per heavy atom. The fourth-order valence-electron chi connectivity index (χ4n) is 1.74. The summed E-state index contributed by atoms with van der Waals surface area (Å²) in [5.41, 5.74) is 0.867. The van der Waals surface area contributed by atoms with Crippen molar-refractivity contribution in [3.8, 4) is 0 Å². The Hall–Kier alpha value is -2.19. The van der Waals surface area contributed by atoms with Crippen molar-refractivity contribution in [1.29, 1.82) is 0 Å². The van der Waals surface area contributed by atoms with E-state index in [-0.39, 0.29) is 10.7 Å². The molecule has 7 nitrogen and oxygen atoms in total. The fraction of sp³-hybridized carbons (Fsp3) is 0.286. The summed E-state index contributed by atoms with van der Waals surface area (Å²) in [5, 5.41) is 10.7. The number of aryl methyl sites for hydroxylation is 1. The van der Waals surface area contributed by atoms with Gasteiger partial charge in [0.15, 0.2) is 5.82 Å². The van der Waals surface area contributed by atoms with Crippen LogP contribution in [0.4, 0.5) is 11.6 Å². The van der Waals surface area contributed by atoms with Crippen molar-refractivity contribution in [2.75, 3.05) is 30.3 Å². The molecule has 0 amide bonds. The molecular formula is C14H18N4O3S. The maximum atomic E-state index is 12.2. The van der Waals surface area contributed by atoms with Gasteiger partial charge in [-0.25, -0.2) is 8.42 Å². The zero-order valence-electron chi connectivity index (χ0n) is 12.4. The first-order chi connectivity index (χ1) is 10.5. The van der Waals surface area contributed by atoms with Crippen LogP contribution in [-0.2, 0) is 14.8 Å². The number of hydrogen-bond donors (Lipinski definition) is 2. The summed E-state index contributed by atoms with van der Waals surface area (Å²) in [4.78, 5) is 0.191. The molecule has 2 N–H and O–H groups in total. The van der Waals surface area contributed by atoms with Crippen LogP contribution in [0, 0.1) is 6.92 Å². The van der Waals surface area contributed by atoms with E-state index in [1.165, 1.54) is 6.07 Å². The highest BCUT2D eigenvalue weighted by atomic mass is 32.2. The minimum Gasteiger partial charge on any atom is -0.383 e. The predicted octanol–water partition coefficient (Wildman–Crippen LogP) is 1.64. The van der Waals surface area contributed by atoms with Crippen molar-refractivity contribution in [3.05, 3.63) is 42.0 Å². The van der Waals surface area contributed by atoms with Crippen LogP contribution in [0.2, 0.25) is 0 Å². The molecule has 0 saturated heterocycles. The van der Waals surface area contributed by atoms with Gasteiger partial charge in [0.05, 0.1) is 11.5 Å². The molecule has 22 heavy (non-hydrogen) atoms. The lowest BCUT2D eigenvalue weighted by atomic mass is 10.2. The lowest BCUT2D eigenvalue weighted by Crippen LogP contribution is -2.15. The van der Waals surface area contributed by atoms with E-state index in [1.807, 2.05) is 13.0 Å². The van der Waals surface area contributed by atoms with Crippen molar-refractivity contribution in [2.45, 2.75) is 11.8 Å². The molecule has 0 unspecified atom stereocenters. The molecule has 0 bridgehead atoms. The number of benzene rings is 1. The average molecular weight is 322 g/mol. The molecule has 0 aliphatic heterocycles. The summed E-state index contributed by atoms with van der Waals surface area (Å²) in [6, 6.07) is 9.85. The molecule has 0 fully saturated rings. The summed E-state index contributed by atoms with van der Waals surface area (Å²) in [5.74, 6) is 0.717. The summed E-state index contributed by atoms with van der Waals surface area (Å²) >= 11 is 0. The van der Waals surface area contributed by atoms with Crippen LogP contribution in [0.1, 0.15) is 5.56 Å². The van der Waals surface area contributed by atoms with Gasteiger partial charge >= 0.3 is 0 Å². The maximum Gasteiger partial charge on any atom is 0.263 e. The molecule has 2 rings (SSSR count). The van der Waals surface area contributed by atoms with E-state index in [1.54, 1.807) is 31.4 Å². The second-order valence-electron chi connectivity index (χ2n) is 4.65. The van der Waals surface area contributed by atoms with Crippen molar-refractivity contribution in [2.24, 2.45) is 0 Å². The SMILES string of the molecule is COCCNc1ccc(NS(=O)(=O)c2cccc(C)c2)nn1. The lowest BCUT2D eigenvalue weighted by molar-refractivity contribution is 0.210. The van der Waals surface area contributed by atoms with Gasteiger partial charge in [-0.2, -0.15) is 0 Å². The van der Waals surface area contributed by atoms with Gasteiger partial charge in [-0.15, -0.1) is 10.2 Å².